The second kappa shape index (κ2) is 5.79. The molecule has 0 spiro atoms. The molecule has 0 fully saturated rings. The number of carbonyl (C=O) groups is 1. The second-order valence-corrected chi connectivity index (χ2v) is 2.00. The number of carbonyl (C=O) groups excluding carboxylic acids is 1. The minimum atomic E-state index is -2.75. The first-order valence-corrected chi connectivity index (χ1v) is 3.24. The van der Waals surface area contributed by atoms with E-state index in [1.807, 2.05) is 0 Å². The van der Waals surface area contributed by atoms with Crippen LogP contribution < -0.4 is 0 Å². The highest BCUT2D eigenvalue weighted by molar-refractivity contribution is 5.69. The minimum Gasteiger partial charge on any atom is -0.460 e. The van der Waals surface area contributed by atoms with Crippen molar-refractivity contribution < 1.29 is 27.1 Å². The van der Waals surface area contributed by atoms with Gasteiger partial charge in [0.15, 0.2) is 6.61 Å². The van der Waals surface area contributed by atoms with Crippen molar-refractivity contribution in [1.29, 1.82) is 0 Å². The molecule has 0 atom stereocenters. The summed E-state index contributed by atoms with van der Waals surface area (Å²) in [6.07, 6.45) is -6.53. The molecule has 0 aromatic heterocycles. The van der Waals surface area contributed by atoms with E-state index in [0.717, 1.165) is 0 Å². The van der Waals surface area contributed by atoms with E-state index in [1.165, 1.54) is 0 Å². The Kier molecular flexibility index (Phi) is 5.40. The van der Waals surface area contributed by atoms with Gasteiger partial charge >= 0.3 is 5.97 Å². The summed E-state index contributed by atoms with van der Waals surface area (Å²) >= 11 is 0. The molecule has 0 unspecified atom stereocenters. The molecule has 2 nitrogen and oxygen atoms in total. The molecule has 0 aliphatic carbocycles. The van der Waals surface area contributed by atoms with Crippen LogP contribution in [0.2, 0.25) is 0 Å². The largest absolute Gasteiger partial charge is 0.460 e. The molecule has 0 heterocycles. The van der Waals surface area contributed by atoms with Gasteiger partial charge in [-0.1, -0.05) is 0 Å². The quantitative estimate of drug-likeness (QED) is 0.486. The van der Waals surface area contributed by atoms with E-state index >= 15 is 0 Å². The van der Waals surface area contributed by atoms with Crippen molar-refractivity contribution in [3.8, 4) is 0 Å². The molecule has 0 aromatic carbocycles. The van der Waals surface area contributed by atoms with Crippen LogP contribution in [0.3, 0.4) is 0 Å². The first-order chi connectivity index (χ1) is 5.52. The summed E-state index contributed by atoms with van der Waals surface area (Å²) in [5.74, 6) is -1.02. The molecule has 6 heteroatoms. The maximum Gasteiger partial charge on any atom is 0.306 e. The molecule has 0 radical (unpaired) electrons. The summed E-state index contributed by atoms with van der Waals surface area (Å²) in [5.41, 5.74) is 0. The van der Waals surface area contributed by atoms with Crippen molar-refractivity contribution >= 4 is 5.97 Å². The van der Waals surface area contributed by atoms with Gasteiger partial charge in [0.25, 0.3) is 6.43 Å². The van der Waals surface area contributed by atoms with E-state index in [1.54, 1.807) is 0 Å². The molecule has 0 amide bonds. The van der Waals surface area contributed by atoms with Crippen molar-refractivity contribution in [2.24, 2.45) is 0 Å². The van der Waals surface area contributed by atoms with Gasteiger partial charge in [-0.3, -0.25) is 4.79 Å². The molecule has 0 bridgehead atoms. The summed E-state index contributed by atoms with van der Waals surface area (Å²) in [7, 11) is 0. The molecular weight excluding hydrogens is 180 g/mol. The Hall–Kier alpha value is -0.810. The third kappa shape index (κ3) is 7.30. The molecule has 0 saturated heterocycles. The van der Waals surface area contributed by atoms with E-state index in [9.17, 15) is 22.4 Å². The summed E-state index contributed by atoms with van der Waals surface area (Å²) in [5, 5.41) is 0. The van der Waals surface area contributed by atoms with Crippen LogP contribution in [-0.4, -0.2) is 25.4 Å². The number of halogens is 4. The van der Waals surface area contributed by atoms with Crippen LogP contribution in [0.1, 0.15) is 12.8 Å². The van der Waals surface area contributed by atoms with Gasteiger partial charge in [-0.2, -0.15) is 0 Å². The van der Waals surface area contributed by atoms with Crippen LogP contribution in [0.4, 0.5) is 17.6 Å². The highest BCUT2D eigenvalue weighted by Crippen LogP contribution is 2.04. The van der Waals surface area contributed by atoms with Gasteiger partial charge in [0.05, 0.1) is 6.42 Å². The molecule has 0 aromatic rings. The molecule has 12 heavy (non-hydrogen) atoms. The Labute approximate surface area is 66.5 Å². The number of esters is 1. The van der Waals surface area contributed by atoms with Crippen molar-refractivity contribution in [2.75, 3.05) is 6.61 Å². The first kappa shape index (κ1) is 11.2. The lowest BCUT2D eigenvalue weighted by molar-refractivity contribution is -0.148. The van der Waals surface area contributed by atoms with Crippen LogP contribution in [0.25, 0.3) is 0 Å². The Balaban J connectivity index is 3.34. The highest BCUT2D eigenvalue weighted by atomic mass is 19.3. The lowest BCUT2D eigenvalue weighted by Crippen LogP contribution is -2.12. The SMILES string of the molecule is O=C(CCC(F)F)OCC(F)F. The number of hydrogen-bond donors (Lipinski definition) is 0. The number of ether oxygens (including phenoxy) is 1. The van der Waals surface area contributed by atoms with Crippen LogP contribution in [0, 0.1) is 0 Å². The topological polar surface area (TPSA) is 26.3 Å². The smallest absolute Gasteiger partial charge is 0.306 e. The highest BCUT2D eigenvalue weighted by Gasteiger charge is 2.11. The van der Waals surface area contributed by atoms with E-state index < -0.39 is 38.3 Å². The predicted molar refractivity (Wildman–Crippen MR) is 32.2 cm³/mol. The van der Waals surface area contributed by atoms with Gasteiger partial charge < -0.3 is 4.74 Å². The van der Waals surface area contributed by atoms with E-state index in [-0.39, 0.29) is 0 Å². The average Bonchev–Trinajstić information content (AvgIpc) is 1.96. The van der Waals surface area contributed by atoms with Crippen molar-refractivity contribution in [1.82, 2.24) is 0 Å². The van der Waals surface area contributed by atoms with Gasteiger partial charge in [0, 0.05) is 6.42 Å². The van der Waals surface area contributed by atoms with E-state index in [2.05, 4.69) is 4.74 Å². The summed E-state index contributed by atoms with van der Waals surface area (Å²) in [6, 6.07) is 0. The third-order valence-electron chi connectivity index (χ3n) is 0.937. The van der Waals surface area contributed by atoms with Gasteiger partial charge in [-0.05, 0) is 0 Å². The number of hydrogen-bond acceptors (Lipinski definition) is 2. The number of rotatable bonds is 5. The molecule has 72 valence electrons. The first-order valence-electron chi connectivity index (χ1n) is 3.24. The van der Waals surface area contributed by atoms with E-state index in [0.29, 0.717) is 0 Å². The van der Waals surface area contributed by atoms with E-state index in [4.69, 9.17) is 0 Å². The standard InChI is InChI=1S/C6H8F4O2/c7-4(8)1-2-6(11)12-3-5(9)10/h4-5H,1-3H2. The predicted octanol–water partition coefficient (Wildman–Crippen LogP) is 1.84. The zero-order chi connectivity index (χ0) is 9.56. The summed E-state index contributed by atoms with van der Waals surface area (Å²) < 4.78 is 49.5. The van der Waals surface area contributed by atoms with Crippen molar-refractivity contribution in [2.45, 2.75) is 25.7 Å². The average molecular weight is 188 g/mol. The second-order valence-electron chi connectivity index (χ2n) is 2.00. The van der Waals surface area contributed by atoms with Gasteiger partial charge in [0.2, 0.25) is 6.43 Å². The number of alkyl halides is 4. The lowest BCUT2D eigenvalue weighted by Gasteiger charge is -2.02. The summed E-state index contributed by atoms with van der Waals surface area (Å²) in [6.45, 7) is -1.03. The van der Waals surface area contributed by atoms with Gasteiger partial charge in [0.1, 0.15) is 0 Å². The van der Waals surface area contributed by atoms with Crippen LogP contribution >= 0.6 is 0 Å². The van der Waals surface area contributed by atoms with Crippen LogP contribution in [-0.2, 0) is 9.53 Å². The molecular formula is C6H8F4O2. The molecule has 0 N–H and O–H groups in total. The minimum absolute atomic E-state index is 0.523. The van der Waals surface area contributed by atoms with Crippen LogP contribution in [0.5, 0.6) is 0 Å². The molecule has 0 saturated carbocycles. The fourth-order valence-electron chi connectivity index (χ4n) is 0.455. The van der Waals surface area contributed by atoms with Gasteiger partial charge in [-0.15, -0.1) is 0 Å². The molecule has 0 rings (SSSR count). The third-order valence-corrected chi connectivity index (χ3v) is 0.937. The monoisotopic (exact) mass is 188 g/mol. The zero-order valence-electron chi connectivity index (χ0n) is 6.10. The lowest BCUT2D eigenvalue weighted by atomic mass is 10.3. The maximum atomic E-state index is 11.4. The Morgan fingerprint density at radius 1 is 1.17 bits per heavy atom. The normalized spacial score (nSPS) is 10.8. The fraction of sp³-hybridized carbons (Fsp3) is 0.833. The summed E-state index contributed by atoms with van der Waals surface area (Å²) in [4.78, 5) is 10.4. The molecule has 0 aliphatic rings. The van der Waals surface area contributed by atoms with Crippen molar-refractivity contribution in [3.05, 3.63) is 0 Å². The van der Waals surface area contributed by atoms with Crippen LogP contribution in [0.15, 0.2) is 0 Å². The van der Waals surface area contributed by atoms with Crippen molar-refractivity contribution in [3.63, 3.8) is 0 Å². The molecule has 0 aliphatic heterocycles. The van der Waals surface area contributed by atoms with Gasteiger partial charge in [-0.25, -0.2) is 17.6 Å². The Morgan fingerprint density at radius 2 is 1.75 bits per heavy atom. The zero-order valence-corrected chi connectivity index (χ0v) is 6.10. The maximum absolute atomic E-state index is 11.4. The Bertz CT molecular complexity index is 124. The fourth-order valence-corrected chi connectivity index (χ4v) is 0.455. The Morgan fingerprint density at radius 3 is 2.17 bits per heavy atom.